The Morgan fingerprint density at radius 3 is 2.70 bits per heavy atom. The van der Waals surface area contributed by atoms with Crippen LogP contribution in [0.2, 0.25) is 0 Å². The third kappa shape index (κ3) is 2.52. The van der Waals surface area contributed by atoms with Crippen LogP contribution in [0.5, 0.6) is 0 Å². The molecule has 2 aliphatic rings. The minimum atomic E-state index is -0.356. The van der Waals surface area contributed by atoms with Gasteiger partial charge in [0.2, 0.25) is 0 Å². The van der Waals surface area contributed by atoms with Crippen LogP contribution >= 0.6 is 0 Å². The minimum Gasteiger partial charge on any atom is -0.367 e. The molecule has 2 heterocycles. The Morgan fingerprint density at radius 2 is 1.95 bits per heavy atom. The molecule has 1 aliphatic carbocycles. The first-order chi connectivity index (χ1) is 9.73. The second-order valence-corrected chi connectivity index (χ2v) is 6.06. The largest absolute Gasteiger partial charge is 0.367 e. The molecule has 0 amide bonds. The van der Waals surface area contributed by atoms with Gasteiger partial charge in [-0.3, -0.25) is 0 Å². The van der Waals surface area contributed by atoms with Crippen molar-refractivity contribution >= 4 is 5.82 Å². The molecular formula is C15H24N4O. The lowest BCUT2D eigenvalue weighted by Crippen LogP contribution is -2.33. The molecule has 5 heteroatoms. The van der Waals surface area contributed by atoms with Crippen molar-refractivity contribution in [1.29, 1.82) is 0 Å². The maximum Gasteiger partial charge on any atom is 0.162 e. The van der Waals surface area contributed by atoms with E-state index in [9.17, 15) is 0 Å². The van der Waals surface area contributed by atoms with Crippen LogP contribution in [-0.4, -0.2) is 16.6 Å². The Hall–Kier alpha value is -1.20. The molecule has 1 saturated heterocycles. The molecule has 1 fully saturated rings. The maximum atomic E-state index is 5.98. The molecule has 1 atom stereocenters. The van der Waals surface area contributed by atoms with Crippen molar-refractivity contribution in [3.8, 4) is 0 Å². The number of nitrogen functional groups attached to an aromatic ring is 1. The first kappa shape index (κ1) is 13.8. The van der Waals surface area contributed by atoms with Crippen molar-refractivity contribution in [2.75, 3.05) is 12.0 Å². The number of anilines is 1. The summed E-state index contributed by atoms with van der Waals surface area (Å²) in [5.74, 6) is 7.28. The molecule has 1 aromatic rings. The second kappa shape index (κ2) is 5.66. The molecule has 1 aromatic heterocycles. The van der Waals surface area contributed by atoms with Crippen molar-refractivity contribution in [1.82, 2.24) is 9.97 Å². The lowest BCUT2D eigenvalue weighted by atomic mass is 9.94. The van der Waals surface area contributed by atoms with Crippen LogP contribution in [0, 0.1) is 0 Å². The predicted molar refractivity (Wildman–Crippen MR) is 78.3 cm³/mol. The SMILES string of the molecule is CC1(c2nc3c(c(NN)n2)CCCCC3)CCCCO1. The van der Waals surface area contributed by atoms with Crippen LogP contribution < -0.4 is 11.3 Å². The summed E-state index contributed by atoms with van der Waals surface area (Å²) in [4.78, 5) is 9.52. The summed E-state index contributed by atoms with van der Waals surface area (Å²) in [7, 11) is 0. The molecule has 110 valence electrons. The third-order valence-corrected chi connectivity index (χ3v) is 4.51. The number of hydrazine groups is 1. The van der Waals surface area contributed by atoms with Gasteiger partial charge in [-0.05, 0) is 51.9 Å². The van der Waals surface area contributed by atoms with Crippen molar-refractivity contribution in [3.63, 3.8) is 0 Å². The molecule has 5 nitrogen and oxygen atoms in total. The smallest absolute Gasteiger partial charge is 0.162 e. The highest BCUT2D eigenvalue weighted by Crippen LogP contribution is 2.35. The van der Waals surface area contributed by atoms with Crippen LogP contribution in [0.3, 0.4) is 0 Å². The number of hydrogen-bond acceptors (Lipinski definition) is 5. The summed E-state index contributed by atoms with van der Waals surface area (Å²) < 4.78 is 5.98. The zero-order valence-corrected chi connectivity index (χ0v) is 12.2. The number of ether oxygens (including phenoxy) is 1. The van der Waals surface area contributed by atoms with Gasteiger partial charge in [-0.25, -0.2) is 15.8 Å². The molecule has 0 saturated carbocycles. The number of nitrogens with two attached hydrogens (primary N) is 1. The fraction of sp³-hybridized carbons (Fsp3) is 0.733. The van der Waals surface area contributed by atoms with Crippen LogP contribution in [0.1, 0.15) is 62.5 Å². The second-order valence-electron chi connectivity index (χ2n) is 6.06. The van der Waals surface area contributed by atoms with Crippen LogP contribution in [0.25, 0.3) is 0 Å². The number of hydrogen-bond donors (Lipinski definition) is 2. The molecular weight excluding hydrogens is 252 g/mol. The molecule has 1 aliphatic heterocycles. The van der Waals surface area contributed by atoms with E-state index in [4.69, 9.17) is 15.6 Å². The topological polar surface area (TPSA) is 73.1 Å². The van der Waals surface area contributed by atoms with Crippen molar-refractivity contribution in [3.05, 3.63) is 17.1 Å². The van der Waals surface area contributed by atoms with Crippen molar-refractivity contribution in [2.45, 2.75) is 63.9 Å². The number of nitrogens with zero attached hydrogens (tertiary/aromatic N) is 2. The van der Waals surface area contributed by atoms with E-state index in [1.165, 1.54) is 31.2 Å². The fourth-order valence-electron chi connectivity index (χ4n) is 3.24. The predicted octanol–water partition coefficient (Wildman–Crippen LogP) is 2.45. The third-order valence-electron chi connectivity index (χ3n) is 4.51. The lowest BCUT2D eigenvalue weighted by Gasteiger charge is -2.33. The molecule has 0 bridgehead atoms. The van der Waals surface area contributed by atoms with Crippen LogP contribution in [0.15, 0.2) is 0 Å². The fourth-order valence-corrected chi connectivity index (χ4v) is 3.24. The number of fused-ring (bicyclic) bond motifs is 1. The van der Waals surface area contributed by atoms with Gasteiger partial charge in [-0.2, -0.15) is 0 Å². The van der Waals surface area contributed by atoms with E-state index in [0.29, 0.717) is 0 Å². The average Bonchev–Trinajstić information content (AvgIpc) is 2.72. The summed E-state index contributed by atoms with van der Waals surface area (Å²) in [6.45, 7) is 2.90. The van der Waals surface area contributed by atoms with Gasteiger partial charge in [0.25, 0.3) is 0 Å². The summed E-state index contributed by atoms with van der Waals surface area (Å²) >= 11 is 0. The van der Waals surface area contributed by atoms with E-state index in [1.807, 2.05) is 0 Å². The Kier molecular flexibility index (Phi) is 3.89. The van der Waals surface area contributed by atoms with Crippen LogP contribution in [0.4, 0.5) is 5.82 Å². The summed E-state index contributed by atoms with van der Waals surface area (Å²) in [5.41, 5.74) is 4.78. The van der Waals surface area contributed by atoms with Gasteiger partial charge in [0.15, 0.2) is 5.82 Å². The molecule has 1 unspecified atom stereocenters. The lowest BCUT2D eigenvalue weighted by molar-refractivity contribution is -0.0761. The van der Waals surface area contributed by atoms with Gasteiger partial charge < -0.3 is 10.2 Å². The summed E-state index contributed by atoms with van der Waals surface area (Å²) in [6, 6.07) is 0. The molecule has 0 aromatic carbocycles. The summed E-state index contributed by atoms with van der Waals surface area (Å²) in [5, 5.41) is 0. The highest BCUT2D eigenvalue weighted by atomic mass is 16.5. The van der Waals surface area contributed by atoms with Gasteiger partial charge in [-0.15, -0.1) is 0 Å². The normalized spacial score (nSPS) is 26.7. The van der Waals surface area contributed by atoms with Gasteiger partial charge in [0.05, 0.1) is 0 Å². The van der Waals surface area contributed by atoms with Gasteiger partial charge in [0, 0.05) is 17.9 Å². The molecule has 20 heavy (non-hydrogen) atoms. The molecule has 0 radical (unpaired) electrons. The Morgan fingerprint density at radius 1 is 1.10 bits per heavy atom. The van der Waals surface area contributed by atoms with Gasteiger partial charge in [-0.1, -0.05) is 6.42 Å². The number of aromatic nitrogens is 2. The van der Waals surface area contributed by atoms with Crippen molar-refractivity contribution in [2.24, 2.45) is 5.84 Å². The number of aryl methyl sites for hydroxylation is 1. The standard InChI is InChI=1S/C15H24N4O/c1-15(9-5-6-10-20-15)14-17-12-8-4-2-3-7-11(12)13(18-14)19-16/h2-10,16H2,1H3,(H,17,18,19). The molecule has 3 N–H and O–H groups in total. The van der Waals surface area contributed by atoms with Crippen LogP contribution in [-0.2, 0) is 23.2 Å². The zero-order valence-electron chi connectivity index (χ0n) is 12.2. The van der Waals surface area contributed by atoms with Gasteiger partial charge >= 0.3 is 0 Å². The first-order valence-electron chi connectivity index (χ1n) is 7.74. The van der Waals surface area contributed by atoms with Crippen molar-refractivity contribution < 1.29 is 4.74 Å². The van der Waals surface area contributed by atoms with E-state index in [0.717, 1.165) is 49.6 Å². The van der Waals surface area contributed by atoms with E-state index < -0.39 is 0 Å². The highest BCUT2D eigenvalue weighted by Gasteiger charge is 2.34. The Balaban J connectivity index is 2.01. The Labute approximate surface area is 120 Å². The summed E-state index contributed by atoms with van der Waals surface area (Å²) in [6.07, 6.45) is 8.97. The molecule has 0 spiro atoms. The first-order valence-corrected chi connectivity index (χ1v) is 7.74. The quantitative estimate of drug-likeness (QED) is 0.493. The van der Waals surface area contributed by atoms with E-state index >= 15 is 0 Å². The molecule has 3 rings (SSSR count). The van der Waals surface area contributed by atoms with E-state index in [1.54, 1.807) is 0 Å². The zero-order chi connectivity index (χ0) is 14.0. The van der Waals surface area contributed by atoms with E-state index in [2.05, 4.69) is 17.3 Å². The van der Waals surface area contributed by atoms with E-state index in [-0.39, 0.29) is 5.60 Å². The highest BCUT2D eigenvalue weighted by molar-refractivity contribution is 5.47. The number of nitrogens with one attached hydrogen (secondary N) is 1. The minimum absolute atomic E-state index is 0.356. The number of rotatable bonds is 2. The Bertz CT molecular complexity index is 483. The maximum absolute atomic E-state index is 5.98. The average molecular weight is 276 g/mol. The monoisotopic (exact) mass is 276 g/mol. The van der Waals surface area contributed by atoms with Gasteiger partial charge in [0.1, 0.15) is 11.4 Å².